The van der Waals surface area contributed by atoms with Gasteiger partial charge in [0.15, 0.2) is 0 Å². The number of nitrogens with zero attached hydrogens (tertiary/aromatic N) is 1. The molecule has 9 heteroatoms. The molecule has 0 saturated carbocycles. The third-order valence-electron chi connectivity index (χ3n) is 5.81. The molecule has 0 heterocycles. The minimum Gasteiger partial charge on any atom is -0.377 e. The van der Waals surface area contributed by atoms with E-state index < -0.39 is 13.9 Å². The number of likely N-dealkylation sites (N-methyl/N-ethyl adjacent to an activating group) is 1. The number of hydrogen-bond acceptors (Lipinski definition) is 5. The number of phosphoric acid groups is 1. The Hall–Kier alpha value is -0.500. The van der Waals surface area contributed by atoms with Crippen molar-refractivity contribution in [1.29, 1.82) is 0 Å². The van der Waals surface area contributed by atoms with Crippen molar-refractivity contribution in [3.8, 4) is 0 Å². The summed E-state index contributed by atoms with van der Waals surface area (Å²) in [5.74, 6) is -0.0310. The highest BCUT2D eigenvalue weighted by atomic mass is 31.2. The lowest BCUT2D eigenvalue weighted by atomic mass is 10.0. The molecule has 0 rings (SSSR count). The van der Waals surface area contributed by atoms with Crippen molar-refractivity contribution in [1.82, 2.24) is 5.32 Å². The Morgan fingerprint density at radius 3 is 1.85 bits per heavy atom. The summed E-state index contributed by atoms with van der Waals surface area (Å²) in [6.07, 6.45) is 16.5. The van der Waals surface area contributed by atoms with Crippen LogP contribution >= 0.6 is 7.82 Å². The van der Waals surface area contributed by atoms with Crippen LogP contribution in [0.2, 0.25) is 0 Å². The van der Waals surface area contributed by atoms with E-state index in [9.17, 15) is 14.3 Å². The van der Waals surface area contributed by atoms with E-state index >= 15 is 0 Å². The zero-order valence-corrected chi connectivity index (χ0v) is 23.6. The first-order valence-electron chi connectivity index (χ1n) is 13.3. The van der Waals surface area contributed by atoms with Crippen LogP contribution in [0.4, 0.5) is 0 Å². The summed E-state index contributed by atoms with van der Waals surface area (Å²) in [4.78, 5) is 21.8. The molecule has 0 fully saturated rings. The summed E-state index contributed by atoms with van der Waals surface area (Å²) in [7, 11) is 3.24. The molecule has 1 amide bonds. The first-order chi connectivity index (χ1) is 16.1. The molecule has 0 aromatic rings. The molecule has 204 valence electrons. The third kappa shape index (κ3) is 23.3. The van der Waals surface area contributed by atoms with Gasteiger partial charge in [0.2, 0.25) is 5.91 Å². The first kappa shape index (κ1) is 33.5. The van der Waals surface area contributed by atoms with Gasteiger partial charge in [-0.1, -0.05) is 84.0 Å². The maximum absolute atomic E-state index is 12.1. The predicted octanol–water partition coefficient (Wildman–Crippen LogP) is 5.44. The predicted molar refractivity (Wildman–Crippen MR) is 139 cm³/mol. The van der Waals surface area contributed by atoms with E-state index in [0.29, 0.717) is 17.4 Å². The molecule has 0 bridgehead atoms. The summed E-state index contributed by atoms with van der Waals surface area (Å²) in [6.45, 7) is 3.05. The van der Waals surface area contributed by atoms with Crippen molar-refractivity contribution in [2.75, 3.05) is 54.6 Å². The molecule has 0 aromatic heterocycles. The van der Waals surface area contributed by atoms with Crippen LogP contribution in [0.3, 0.4) is 0 Å². The number of phosphoric ester groups is 1. The van der Waals surface area contributed by atoms with E-state index in [0.717, 1.165) is 12.8 Å². The number of methoxy groups -OCH3 is 1. The lowest BCUT2D eigenvalue weighted by Crippen LogP contribution is -2.37. The summed E-state index contributed by atoms with van der Waals surface area (Å²) in [6, 6.07) is 0. The fraction of sp³-hybridized carbons (Fsp3) is 0.960. The van der Waals surface area contributed by atoms with Gasteiger partial charge in [-0.15, -0.1) is 0 Å². The van der Waals surface area contributed by atoms with Gasteiger partial charge >= 0.3 is 7.82 Å². The number of ether oxygens (including phenoxy) is 1. The van der Waals surface area contributed by atoms with Gasteiger partial charge in [-0.05, 0) is 6.42 Å². The van der Waals surface area contributed by atoms with Crippen molar-refractivity contribution in [3.63, 3.8) is 0 Å². The van der Waals surface area contributed by atoms with Crippen LogP contribution in [0.15, 0.2) is 0 Å². The molecule has 0 aromatic carbocycles. The highest BCUT2D eigenvalue weighted by Crippen LogP contribution is 2.43. The largest absolute Gasteiger partial charge is 0.472 e. The molecule has 34 heavy (non-hydrogen) atoms. The number of carbonyl (C=O) groups excluding carboxylic acids is 1. The van der Waals surface area contributed by atoms with Gasteiger partial charge in [-0.3, -0.25) is 13.8 Å². The van der Waals surface area contributed by atoms with Gasteiger partial charge in [0.1, 0.15) is 13.2 Å². The summed E-state index contributed by atoms with van der Waals surface area (Å²) >= 11 is 0. The quantitative estimate of drug-likeness (QED) is 0.102. The van der Waals surface area contributed by atoms with Crippen molar-refractivity contribution in [2.24, 2.45) is 0 Å². The van der Waals surface area contributed by atoms with E-state index in [1.54, 1.807) is 0 Å². The molecule has 0 spiro atoms. The maximum atomic E-state index is 12.1. The number of unbranched alkanes of at least 4 members (excludes halogenated alkanes) is 12. The van der Waals surface area contributed by atoms with E-state index in [2.05, 4.69) is 12.2 Å². The van der Waals surface area contributed by atoms with E-state index in [-0.39, 0.29) is 25.7 Å². The van der Waals surface area contributed by atoms with Gasteiger partial charge < -0.3 is 19.4 Å². The summed E-state index contributed by atoms with van der Waals surface area (Å²) in [5.41, 5.74) is 0. The minimum absolute atomic E-state index is 0.0310. The SMILES string of the molecule is CCCCCCCCCCCCCCCC(=O)NCC(COP(=O)(O)OCC[N+](C)(C)C)OC. The van der Waals surface area contributed by atoms with Crippen molar-refractivity contribution in [2.45, 2.75) is 103 Å². The third-order valence-corrected chi connectivity index (χ3v) is 6.79. The average Bonchev–Trinajstić information content (AvgIpc) is 2.76. The Balaban J connectivity index is 3.71. The molecule has 2 atom stereocenters. The van der Waals surface area contributed by atoms with Gasteiger partial charge in [-0.25, -0.2) is 4.57 Å². The molecule has 2 N–H and O–H groups in total. The Morgan fingerprint density at radius 1 is 0.882 bits per heavy atom. The van der Waals surface area contributed by atoms with Crippen LogP contribution in [0.25, 0.3) is 0 Å². The summed E-state index contributed by atoms with van der Waals surface area (Å²) in [5, 5.41) is 2.82. The zero-order chi connectivity index (χ0) is 25.7. The van der Waals surface area contributed by atoms with Crippen LogP contribution in [0, 0.1) is 0 Å². The molecule has 2 unspecified atom stereocenters. The maximum Gasteiger partial charge on any atom is 0.472 e. The van der Waals surface area contributed by atoms with Crippen molar-refractivity contribution in [3.05, 3.63) is 0 Å². The molecule has 0 radical (unpaired) electrons. The lowest BCUT2D eigenvalue weighted by molar-refractivity contribution is -0.870. The minimum atomic E-state index is -4.14. The van der Waals surface area contributed by atoms with Crippen molar-refractivity contribution >= 4 is 13.7 Å². The summed E-state index contributed by atoms with van der Waals surface area (Å²) < 4.78 is 27.8. The number of rotatable bonds is 24. The average molecular weight is 510 g/mol. The zero-order valence-electron chi connectivity index (χ0n) is 22.7. The smallest absolute Gasteiger partial charge is 0.377 e. The second-order valence-corrected chi connectivity index (χ2v) is 11.7. The second kappa shape index (κ2) is 20.7. The number of amides is 1. The molecular formula is C25H54N2O6P+. The fourth-order valence-corrected chi connectivity index (χ4v) is 4.22. The fourth-order valence-electron chi connectivity index (χ4n) is 3.47. The van der Waals surface area contributed by atoms with Gasteiger partial charge in [0.05, 0.1) is 33.9 Å². The van der Waals surface area contributed by atoms with Gasteiger partial charge in [0, 0.05) is 20.1 Å². The van der Waals surface area contributed by atoms with Gasteiger partial charge in [-0.2, -0.15) is 0 Å². The highest BCUT2D eigenvalue weighted by molar-refractivity contribution is 7.47. The van der Waals surface area contributed by atoms with E-state index in [1.165, 1.54) is 77.7 Å². The van der Waals surface area contributed by atoms with E-state index in [1.807, 2.05) is 21.1 Å². The number of hydrogen-bond donors (Lipinski definition) is 2. The Bertz CT molecular complexity index is 542. The second-order valence-electron chi connectivity index (χ2n) is 10.3. The van der Waals surface area contributed by atoms with Crippen molar-refractivity contribution < 1.29 is 32.5 Å². The van der Waals surface area contributed by atoms with E-state index in [4.69, 9.17) is 13.8 Å². The topological polar surface area (TPSA) is 94.1 Å². The molecule has 0 aliphatic carbocycles. The number of nitrogens with one attached hydrogen (secondary N) is 1. The monoisotopic (exact) mass is 509 g/mol. The Morgan fingerprint density at radius 2 is 1.38 bits per heavy atom. The Labute approximate surface area is 209 Å². The Kier molecular flexibility index (Phi) is 20.4. The normalized spacial score (nSPS) is 14.6. The standard InChI is InChI=1S/C25H53N2O6P/c1-6-7-8-9-10-11-12-13-14-15-16-17-18-19-25(28)26-22-24(31-5)23-33-34(29,30)32-21-20-27(2,3)4/h24H,6-23H2,1-5H3,(H-,26,28,29,30)/p+1. The molecule has 0 saturated heterocycles. The lowest BCUT2D eigenvalue weighted by Gasteiger charge is -2.24. The van der Waals surface area contributed by atoms with Crippen LogP contribution in [0.1, 0.15) is 96.8 Å². The highest BCUT2D eigenvalue weighted by Gasteiger charge is 2.24. The number of carbonyl (C=O) groups is 1. The molecule has 0 aliphatic rings. The van der Waals surface area contributed by atoms with Crippen LogP contribution < -0.4 is 5.32 Å². The van der Waals surface area contributed by atoms with Crippen LogP contribution in [-0.2, 0) is 23.1 Å². The molecule has 0 aliphatic heterocycles. The van der Waals surface area contributed by atoms with Crippen LogP contribution in [-0.4, -0.2) is 75.9 Å². The number of quaternary nitrogens is 1. The van der Waals surface area contributed by atoms with Gasteiger partial charge in [0.25, 0.3) is 0 Å². The first-order valence-corrected chi connectivity index (χ1v) is 14.8. The molecular weight excluding hydrogens is 455 g/mol. The van der Waals surface area contributed by atoms with Crippen LogP contribution in [0.5, 0.6) is 0 Å². The molecule has 8 nitrogen and oxygen atoms in total.